The lowest BCUT2D eigenvalue weighted by Gasteiger charge is -2.21. The molecule has 0 saturated carbocycles. The summed E-state index contributed by atoms with van der Waals surface area (Å²) >= 11 is 0. The first-order valence-electron chi connectivity index (χ1n) is 6.41. The minimum atomic E-state index is -0.591. The molecule has 100 valence electrons. The summed E-state index contributed by atoms with van der Waals surface area (Å²) in [5, 5.41) is 10.1. The van der Waals surface area contributed by atoms with Crippen molar-refractivity contribution in [3.05, 3.63) is 52.9 Å². The molecule has 3 rings (SSSR count). The molecule has 0 spiro atoms. The van der Waals surface area contributed by atoms with Crippen molar-refractivity contribution in [2.75, 3.05) is 0 Å². The average Bonchev–Trinajstić information content (AvgIpc) is 2.67. The third-order valence-electron chi connectivity index (χ3n) is 3.70. The maximum atomic E-state index is 13.3. The van der Waals surface area contributed by atoms with Crippen molar-refractivity contribution in [2.24, 2.45) is 0 Å². The van der Waals surface area contributed by atoms with Crippen LogP contribution in [-0.4, -0.2) is 9.67 Å². The van der Waals surface area contributed by atoms with Gasteiger partial charge in [0.25, 0.3) is 0 Å². The monoisotopic (exact) mass is 263 g/mol. The highest BCUT2D eigenvalue weighted by molar-refractivity contribution is 5.44. The van der Waals surface area contributed by atoms with E-state index in [9.17, 15) is 13.9 Å². The lowest BCUT2D eigenvalue weighted by molar-refractivity contribution is 0.155. The summed E-state index contributed by atoms with van der Waals surface area (Å²) < 4.78 is 28.4. The predicted molar refractivity (Wildman–Crippen MR) is 68.3 cm³/mol. The first kappa shape index (κ1) is 12.4. The molecule has 0 aliphatic heterocycles. The third-order valence-corrected chi connectivity index (χ3v) is 3.70. The highest BCUT2D eigenvalue weighted by Gasteiger charge is 2.24. The molecule has 0 amide bonds. The Balaban J connectivity index is 2.18. The van der Waals surface area contributed by atoms with Crippen molar-refractivity contribution in [3.63, 3.8) is 0 Å². The van der Waals surface area contributed by atoms with E-state index in [0.717, 1.165) is 42.1 Å². The van der Waals surface area contributed by atoms with Crippen molar-refractivity contribution >= 4 is 0 Å². The van der Waals surface area contributed by atoms with Gasteiger partial charge in [-0.3, -0.25) is 0 Å². The fourth-order valence-corrected chi connectivity index (χ4v) is 2.92. The lowest BCUT2D eigenvalue weighted by atomic mass is 9.93. The summed E-state index contributed by atoms with van der Waals surface area (Å²) in [7, 11) is 0. The van der Waals surface area contributed by atoms with Crippen molar-refractivity contribution in [3.8, 4) is 5.69 Å². The van der Waals surface area contributed by atoms with Crippen LogP contribution in [-0.2, 0) is 6.42 Å². The largest absolute Gasteiger partial charge is 0.388 e. The quantitative estimate of drug-likeness (QED) is 0.837. The molecule has 0 bridgehead atoms. The summed E-state index contributed by atoms with van der Waals surface area (Å²) in [5.41, 5.74) is 3.31. The number of aliphatic hydroxyl groups excluding tert-OH is 1. The van der Waals surface area contributed by atoms with Gasteiger partial charge in [-0.05, 0) is 43.9 Å². The lowest BCUT2D eigenvalue weighted by Crippen LogP contribution is -2.11. The standard InChI is InChI=1S/C15H15F2NO/c1-9-8-18(12-6-10(16)5-11(17)7-12)13-3-2-4-14(19)15(9)13/h5-8,14,19H,2-4H2,1H3. The number of aliphatic hydroxyl groups is 1. The zero-order chi connectivity index (χ0) is 13.6. The number of aromatic nitrogens is 1. The number of hydrogen-bond acceptors (Lipinski definition) is 1. The Bertz CT molecular complexity index is 613. The zero-order valence-corrected chi connectivity index (χ0v) is 10.7. The van der Waals surface area contributed by atoms with E-state index in [2.05, 4.69) is 0 Å². The molecule has 2 nitrogen and oxygen atoms in total. The van der Waals surface area contributed by atoms with Gasteiger partial charge in [-0.1, -0.05) is 0 Å². The molecule has 1 aliphatic rings. The second kappa shape index (κ2) is 4.46. The SMILES string of the molecule is Cc1cn(-c2cc(F)cc(F)c2)c2c1C(O)CCC2. The van der Waals surface area contributed by atoms with Crippen LogP contribution in [0.15, 0.2) is 24.4 Å². The minimum absolute atomic E-state index is 0.468. The molecule has 1 heterocycles. The Morgan fingerprint density at radius 2 is 1.89 bits per heavy atom. The Morgan fingerprint density at radius 1 is 1.21 bits per heavy atom. The predicted octanol–water partition coefficient (Wildman–Crippen LogP) is 3.43. The van der Waals surface area contributed by atoms with E-state index in [4.69, 9.17) is 0 Å². The van der Waals surface area contributed by atoms with Gasteiger partial charge in [-0.25, -0.2) is 8.78 Å². The molecule has 19 heavy (non-hydrogen) atoms. The molecular formula is C15H15F2NO. The van der Waals surface area contributed by atoms with Gasteiger partial charge >= 0.3 is 0 Å². The van der Waals surface area contributed by atoms with Crippen molar-refractivity contribution in [1.29, 1.82) is 0 Å². The van der Waals surface area contributed by atoms with Crippen LogP contribution in [0.4, 0.5) is 8.78 Å². The van der Waals surface area contributed by atoms with Crippen LogP contribution >= 0.6 is 0 Å². The Hall–Kier alpha value is -1.68. The van der Waals surface area contributed by atoms with Crippen LogP contribution in [0.3, 0.4) is 0 Å². The van der Waals surface area contributed by atoms with Gasteiger partial charge in [-0.2, -0.15) is 0 Å². The van der Waals surface area contributed by atoms with Crippen molar-refractivity contribution in [2.45, 2.75) is 32.3 Å². The second-order valence-electron chi connectivity index (χ2n) is 5.08. The maximum absolute atomic E-state index is 13.3. The molecule has 1 aromatic carbocycles. The van der Waals surface area contributed by atoms with Crippen LogP contribution in [0, 0.1) is 18.6 Å². The summed E-state index contributed by atoms with van der Waals surface area (Å²) in [4.78, 5) is 0. The van der Waals surface area contributed by atoms with Gasteiger partial charge in [0.1, 0.15) is 11.6 Å². The smallest absolute Gasteiger partial charge is 0.128 e. The number of aryl methyl sites for hydroxylation is 1. The number of nitrogens with zero attached hydrogens (tertiary/aromatic N) is 1. The van der Waals surface area contributed by atoms with E-state index in [1.807, 2.05) is 13.1 Å². The number of fused-ring (bicyclic) bond motifs is 1. The number of rotatable bonds is 1. The molecular weight excluding hydrogens is 248 g/mol. The highest BCUT2D eigenvalue weighted by Crippen LogP contribution is 2.35. The average molecular weight is 263 g/mol. The van der Waals surface area contributed by atoms with E-state index in [-0.39, 0.29) is 0 Å². The minimum Gasteiger partial charge on any atom is -0.388 e. The molecule has 2 aromatic rings. The van der Waals surface area contributed by atoms with Crippen molar-refractivity contribution < 1.29 is 13.9 Å². The fourth-order valence-electron chi connectivity index (χ4n) is 2.92. The maximum Gasteiger partial charge on any atom is 0.128 e. The number of benzene rings is 1. The van der Waals surface area contributed by atoms with E-state index >= 15 is 0 Å². The topological polar surface area (TPSA) is 25.2 Å². The molecule has 0 saturated heterocycles. The Kier molecular flexibility index (Phi) is 2.90. The van der Waals surface area contributed by atoms with Crippen LogP contribution in [0.25, 0.3) is 5.69 Å². The first-order valence-corrected chi connectivity index (χ1v) is 6.41. The highest BCUT2D eigenvalue weighted by atomic mass is 19.1. The molecule has 1 atom stereocenters. The van der Waals surface area contributed by atoms with Gasteiger partial charge in [-0.15, -0.1) is 0 Å². The van der Waals surface area contributed by atoms with Crippen LogP contribution in [0.2, 0.25) is 0 Å². The summed E-state index contributed by atoms with van der Waals surface area (Å²) in [6.45, 7) is 1.92. The summed E-state index contributed by atoms with van der Waals surface area (Å²) in [5.74, 6) is -1.18. The molecule has 1 aromatic heterocycles. The van der Waals surface area contributed by atoms with Crippen LogP contribution < -0.4 is 0 Å². The third kappa shape index (κ3) is 2.06. The van der Waals surface area contributed by atoms with E-state index in [1.54, 1.807) is 4.57 Å². The normalized spacial score (nSPS) is 18.4. The molecule has 0 radical (unpaired) electrons. The van der Waals surface area contributed by atoms with Gasteiger partial charge in [0.15, 0.2) is 0 Å². The van der Waals surface area contributed by atoms with Gasteiger partial charge in [0, 0.05) is 23.5 Å². The van der Waals surface area contributed by atoms with E-state index in [0.29, 0.717) is 5.69 Å². The van der Waals surface area contributed by atoms with Crippen LogP contribution in [0.5, 0.6) is 0 Å². The molecule has 1 aliphatic carbocycles. The Labute approximate surface area is 110 Å². The number of halogens is 2. The fraction of sp³-hybridized carbons (Fsp3) is 0.333. The second-order valence-corrected chi connectivity index (χ2v) is 5.08. The van der Waals surface area contributed by atoms with Crippen molar-refractivity contribution in [1.82, 2.24) is 4.57 Å². The first-order chi connectivity index (χ1) is 9.06. The summed E-state index contributed by atoms with van der Waals surface area (Å²) in [6, 6.07) is 3.48. The summed E-state index contributed by atoms with van der Waals surface area (Å²) in [6.07, 6.45) is 3.82. The number of hydrogen-bond donors (Lipinski definition) is 1. The van der Waals surface area contributed by atoms with E-state index < -0.39 is 17.7 Å². The molecule has 1 unspecified atom stereocenters. The van der Waals surface area contributed by atoms with Gasteiger partial charge in [0.05, 0.1) is 11.8 Å². The Morgan fingerprint density at radius 3 is 2.58 bits per heavy atom. The molecule has 1 N–H and O–H groups in total. The van der Waals surface area contributed by atoms with Gasteiger partial charge in [0.2, 0.25) is 0 Å². The van der Waals surface area contributed by atoms with Crippen LogP contribution in [0.1, 0.15) is 35.8 Å². The molecule has 4 heteroatoms. The van der Waals surface area contributed by atoms with Gasteiger partial charge < -0.3 is 9.67 Å². The van der Waals surface area contributed by atoms with E-state index in [1.165, 1.54) is 12.1 Å². The zero-order valence-electron chi connectivity index (χ0n) is 10.7. The molecule has 0 fully saturated rings.